The van der Waals surface area contributed by atoms with Crippen LogP contribution in [0.5, 0.6) is 0 Å². The van der Waals surface area contributed by atoms with Crippen molar-refractivity contribution in [3.05, 3.63) is 35.9 Å². The summed E-state index contributed by atoms with van der Waals surface area (Å²) in [6.45, 7) is 0. The van der Waals surface area contributed by atoms with Crippen molar-refractivity contribution in [3.8, 4) is 12.1 Å². The maximum absolute atomic E-state index is 12.2. The minimum absolute atomic E-state index is 0.291. The van der Waals surface area contributed by atoms with Crippen molar-refractivity contribution in [2.75, 3.05) is 0 Å². The van der Waals surface area contributed by atoms with Gasteiger partial charge in [-0.05, 0) is 0 Å². The highest BCUT2D eigenvalue weighted by molar-refractivity contribution is 6.07. The van der Waals surface area contributed by atoms with Gasteiger partial charge < -0.3 is 16.2 Å². The molecule has 1 heterocycles. The van der Waals surface area contributed by atoms with E-state index in [0.29, 0.717) is 5.56 Å². The Labute approximate surface area is 119 Å². The molecule has 2 amide bonds. The summed E-state index contributed by atoms with van der Waals surface area (Å²) < 4.78 is 0. The van der Waals surface area contributed by atoms with Crippen molar-refractivity contribution in [3.63, 3.8) is 0 Å². The van der Waals surface area contributed by atoms with E-state index in [1.165, 1.54) is 12.1 Å². The second-order valence-corrected chi connectivity index (χ2v) is 5.22. The molecule has 0 bridgehead atoms. The predicted molar refractivity (Wildman–Crippen MR) is 67.3 cm³/mol. The van der Waals surface area contributed by atoms with Gasteiger partial charge >= 0.3 is 0 Å². The Bertz CT molecular complexity index is 730. The van der Waals surface area contributed by atoms with Crippen molar-refractivity contribution in [1.29, 1.82) is 10.5 Å². The molecule has 21 heavy (non-hydrogen) atoms. The average Bonchev–Trinajstić information content (AvgIpc) is 3.06. The van der Waals surface area contributed by atoms with Crippen LogP contribution in [-0.2, 0) is 15.3 Å². The van der Waals surface area contributed by atoms with Crippen LogP contribution in [0.15, 0.2) is 30.3 Å². The van der Waals surface area contributed by atoms with Crippen LogP contribution < -0.4 is 11.1 Å². The van der Waals surface area contributed by atoms with Gasteiger partial charge in [-0.15, -0.1) is 0 Å². The van der Waals surface area contributed by atoms with Crippen LogP contribution >= 0.6 is 0 Å². The van der Waals surface area contributed by atoms with E-state index in [9.17, 15) is 25.2 Å². The number of benzene rings is 1. The summed E-state index contributed by atoms with van der Waals surface area (Å²) in [6.07, 6.45) is 0. The number of amides is 2. The standard InChI is InChI=1S/C14H10N4O3/c15-6-12(10(17)19)9-13(12,7-16)11(20)18-14(9,21)8-4-2-1-3-5-8/h1-5,9,21H,(H2,17,19)(H,18,20). The molecule has 1 aromatic rings. The number of hydrogen-bond donors (Lipinski definition) is 3. The fourth-order valence-corrected chi connectivity index (χ4v) is 3.43. The Morgan fingerprint density at radius 2 is 1.90 bits per heavy atom. The molecule has 4 unspecified atom stereocenters. The molecule has 3 rings (SSSR count). The molecular weight excluding hydrogens is 272 g/mol. The van der Waals surface area contributed by atoms with Crippen molar-refractivity contribution >= 4 is 11.8 Å². The highest BCUT2D eigenvalue weighted by atomic mass is 16.3. The topological polar surface area (TPSA) is 140 Å². The minimum atomic E-state index is -2.02. The normalized spacial score (nSPS) is 39.6. The van der Waals surface area contributed by atoms with Crippen LogP contribution in [0, 0.1) is 39.4 Å². The number of primary amides is 1. The maximum Gasteiger partial charge on any atom is 0.245 e. The first kappa shape index (κ1) is 13.1. The van der Waals surface area contributed by atoms with E-state index >= 15 is 0 Å². The number of fused-ring (bicyclic) bond motifs is 1. The number of nitriles is 2. The quantitative estimate of drug-likeness (QED) is 0.644. The van der Waals surface area contributed by atoms with Crippen LogP contribution in [0.2, 0.25) is 0 Å². The minimum Gasteiger partial charge on any atom is -0.368 e. The molecule has 0 aromatic heterocycles. The largest absolute Gasteiger partial charge is 0.368 e. The van der Waals surface area contributed by atoms with Gasteiger partial charge in [0.05, 0.1) is 18.1 Å². The highest BCUT2D eigenvalue weighted by Gasteiger charge is 2.95. The Morgan fingerprint density at radius 3 is 2.33 bits per heavy atom. The number of hydrogen-bond acceptors (Lipinski definition) is 5. The molecule has 4 N–H and O–H groups in total. The number of piperidine rings is 1. The van der Waals surface area contributed by atoms with E-state index in [2.05, 4.69) is 5.32 Å². The number of rotatable bonds is 2. The number of aliphatic hydroxyl groups is 1. The molecule has 2 aliphatic rings. The highest BCUT2D eigenvalue weighted by Crippen LogP contribution is 2.76. The van der Waals surface area contributed by atoms with Gasteiger partial charge in [0.2, 0.25) is 11.8 Å². The zero-order valence-corrected chi connectivity index (χ0v) is 10.7. The van der Waals surface area contributed by atoms with Gasteiger partial charge in [0, 0.05) is 5.56 Å². The molecule has 0 radical (unpaired) electrons. The molecule has 2 fully saturated rings. The smallest absolute Gasteiger partial charge is 0.245 e. The summed E-state index contributed by atoms with van der Waals surface area (Å²) in [4.78, 5) is 23.9. The van der Waals surface area contributed by atoms with Gasteiger partial charge in [-0.2, -0.15) is 10.5 Å². The van der Waals surface area contributed by atoms with E-state index in [-0.39, 0.29) is 0 Å². The van der Waals surface area contributed by atoms with E-state index in [1.54, 1.807) is 30.3 Å². The van der Waals surface area contributed by atoms with Crippen molar-refractivity contribution in [2.45, 2.75) is 5.72 Å². The molecule has 4 atom stereocenters. The Morgan fingerprint density at radius 1 is 1.29 bits per heavy atom. The molecule has 7 heteroatoms. The van der Waals surface area contributed by atoms with Gasteiger partial charge in [0.1, 0.15) is 0 Å². The predicted octanol–water partition coefficient (Wildman–Crippen LogP) is -0.903. The fourth-order valence-electron chi connectivity index (χ4n) is 3.43. The zero-order chi connectivity index (χ0) is 15.5. The second-order valence-electron chi connectivity index (χ2n) is 5.22. The van der Waals surface area contributed by atoms with Crippen molar-refractivity contribution < 1.29 is 14.7 Å². The molecule has 104 valence electrons. The summed E-state index contributed by atoms with van der Waals surface area (Å²) in [5.74, 6) is -3.18. The number of carbonyl (C=O) groups excluding carboxylic acids is 2. The van der Waals surface area contributed by atoms with Gasteiger partial charge in [-0.1, -0.05) is 30.3 Å². The molecule has 7 nitrogen and oxygen atoms in total. The summed E-state index contributed by atoms with van der Waals surface area (Å²) in [5.41, 5.74) is -0.396. The van der Waals surface area contributed by atoms with E-state index in [4.69, 9.17) is 5.73 Å². The summed E-state index contributed by atoms with van der Waals surface area (Å²) in [6, 6.07) is 11.4. The monoisotopic (exact) mass is 282 g/mol. The number of nitrogens with one attached hydrogen (secondary N) is 1. The molecule has 1 aromatic carbocycles. The first-order valence-electron chi connectivity index (χ1n) is 6.14. The lowest BCUT2D eigenvalue weighted by Crippen LogP contribution is -2.49. The van der Waals surface area contributed by atoms with E-state index < -0.39 is 34.3 Å². The Balaban J connectivity index is 2.23. The second kappa shape index (κ2) is 3.60. The van der Waals surface area contributed by atoms with E-state index in [0.717, 1.165) is 0 Å². The van der Waals surface area contributed by atoms with Gasteiger partial charge in [0.15, 0.2) is 16.6 Å². The van der Waals surface area contributed by atoms with Gasteiger partial charge in [-0.3, -0.25) is 9.59 Å². The molecule has 1 aliphatic heterocycles. The van der Waals surface area contributed by atoms with Crippen LogP contribution in [0.3, 0.4) is 0 Å². The van der Waals surface area contributed by atoms with Crippen LogP contribution in [0.1, 0.15) is 5.56 Å². The third-order valence-electron chi connectivity index (χ3n) is 4.44. The third kappa shape index (κ3) is 1.12. The lowest BCUT2D eigenvalue weighted by Gasteiger charge is -2.28. The SMILES string of the molecule is N#CC1(C(N)=O)C2C(O)(c3ccccc3)NC(=O)C21C#N. The van der Waals surface area contributed by atoms with E-state index in [1.807, 2.05) is 0 Å². The van der Waals surface area contributed by atoms with Crippen molar-refractivity contribution in [2.24, 2.45) is 22.5 Å². The molecule has 1 aliphatic carbocycles. The van der Waals surface area contributed by atoms with Gasteiger partial charge in [0.25, 0.3) is 0 Å². The summed E-state index contributed by atoms with van der Waals surface area (Å²) >= 11 is 0. The van der Waals surface area contributed by atoms with Gasteiger partial charge in [-0.25, -0.2) is 0 Å². The van der Waals surface area contributed by atoms with Crippen molar-refractivity contribution in [1.82, 2.24) is 5.32 Å². The molecular formula is C14H10N4O3. The van der Waals surface area contributed by atoms with Crippen LogP contribution in [0.4, 0.5) is 0 Å². The molecule has 1 saturated heterocycles. The van der Waals surface area contributed by atoms with Crippen LogP contribution in [-0.4, -0.2) is 16.9 Å². The number of nitrogens with two attached hydrogens (primary N) is 1. The fraction of sp³-hybridized carbons (Fsp3) is 0.286. The summed E-state index contributed by atoms with van der Waals surface area (Å²) in [7, 11) is 0. The first-order valence-corrected chi connectivity index (χ1v) is 6.14. The number of nitrogens with zero attached hydrogens (tertiary/aromatic N) is 2. The average molecular weight is 282 g/mol. The lowest BCUT2D eigenvalue weighted by molar-refractivity contribution is -0.135. The Hall–Kier alpha value is -2.90. The first-order chi connectivity index (χ1) is 9.91. The lowest BCUT2D eigenvalue weighted by atomic mass is 9.90. The molecule has 1 saturated carbocycles. The summed E-state index contributed by atoms with van der Waals surface area (Å²) in [5, 5.41) is 31.8. The maximum atomic E-state index is 12.2. The zero-order valence-electron chi connectivity index (χ0n) is 10.7. The third-order valence-corrected chi connectivity index (χ3v) is 4.44. The number of carbonyl (C=O) groups is 2. The molecule has 0 spiro atoms. The Kier molecular flexibility index (Phi) is 2.24. The van der Waals surface area contributed by atoms with Crippen LogP contribution in [0.25, 0.3) is 0 Å².